The normalized spacial score (nSPS) is 29.0. The van der Waals surface area contributed by atoms with E-state index in [-0.39, 0.29) is 24.1 Å². The molecular formula is C20H26N4O3. The Hall–Kier alpha value is -2.25. The van der Waals surface area contributed by atoms with Crippen molar-refractivity contribution in [1.29, 1.82) is 0 Å². The summed E-state index contributed by atoms with van der Waals surface area (Å²) in [4.78, 5) is 40.3. The summed E-state index contributed by atoms with van der Waals surface area (Å²) in [6.07, 6.45) is 0.675. The molecule has 0 spiro atoms. The van der Waals surface area contributed by atoms with Gasteiger partial charge in [0.25, 0.3) is 5.91 Å². The van der Waals surface area contributed by atoms with Gasteiger partial charge >= 0.3 is 0 Å². The van der Waals surface area contributed by atoms with Gasteiger partial charge in [0, 0.05) is 50.2 Å². The fourth-order valence-corrected chi connectivity index (χ4v) is 4.31. The third kappa shape index (κ3) is 3.37. The number of carbonyl (C=O) groups excluding carboxylic acids is 3. The lowest BCUT2D eigenvalue weighted by Gasteiger charge is -2.38. The number of amides is 3. The summed E-state index contributed by atoms with van der Waals surface area (Å²) in [5, 5.41) is 5.83. The predicted molar refractivity (Wildman–Crippen MR) is 99.8 cm³/mol. The smallest absolute Gasteiger partial charge is 0.255 e. The molecule has 3 heterocycles. The van der Waals surface area contributed by atoms with Crippen molar-refractivity contribution < 1.29 is 14.4 Å². The summed E-state index contributed by atoms with van der Waals surface area (Å²) in [7, 11) is 0. The van der Waals surface area contributed by atoms with Gasteiger partial charge in [-0.1, -0.05) is 12.1 Å². The molecule has 3 atom stereocenters. The molecule has 3 unspecified atom stereocenters. The van der Waals surface area contributed by atoms with Crippen LogP contribution >= 0.6 is 0 Å². The Morgan fingerprint density at radius 1 is 1.19 bits per heavy atom. The summed E-state index contributed by atoms with van der Waals surface area (Å²) in [6, 6.07) is 6.35. The second kappa shape index (κ2) is 7.05. The van der Waals surface area contributed by atoms with Crippen LogP contribution in [0.3, 0.4) is 0 Å². The van der Waals surface area contributed by atoms with Crippen molar-refractivity contribution in [2.24, 2.45) is 0 Å². The molecular weight excluding hydrogens is 344 g/mol. The highest BCUT2D eigenvalue weighted by Gasteiger charge is 2.39. The first-order chi connectivity index (χ1) is 12.9. The van der Waals surface area contributed by atoms with E-state index in [0.717, 1.165) is 25.2 Å². The molecule has 3 aliphatic heterocycles. The van der Waals surface area contributed by atoms with Crippen LogP contribution in [0.1, 0.15) is 48.2 Å². The number of rotatable bonds is 3. The number of fused-ring (bicyclic) bond motifs is 1. The van der Waals surface area contributed by atoms with E-state index >= 15 is 0 Å². The zero-order valence-electron chi connectivity index (χ0n) is 15.8. The van der Waals surface area contributed by atoms with Crippen molar-refractivity contribution in [1.82, 2.24) is 20.4 Å². The minimum absolute atomic E-state index is 0.116. The van der Waals surface area contributed by atoms with Gasteiger partial charge in [-0.2, -0.15) is 0 Å². The average Bonchev–Trinajstić information content (AvgIpc) is 2.95. The van der Waals surface area contributed by atoms with Crippen LogP contribution in [0.4, 0.5) is 0 Å². The van der Waals surface area contributed by atoms with E-state index < -0.39 is 6.04 Å². The molecule has 27 heavy (non-hydrogen) atoms. The Bertz CT molecular complexity index is 793. The first-order valence-electron chi connectivity index (χ1n) is 9.68. The highest BCUT2D eigenvalue weighted by atomic mass is 16.2. The molecule has 144 valence electrons. The van der Waals surface area contributed by atoms with Gasteiger partial charge in [-0.3, -0.25) is 24.6 Å². The van der Waals surface area contributed by atoms with Crippen LogP contribution < -0.4 is 10.6 Å². The van der Waals surface area contributed by atoms with Gasteiger partial charge in [-0.15, -0.1) is 0 Å². The minimum Gasteiger partial charge on any atom is -0.322 e. The van der Waals surface area contributed by atoms with Gasteiger partial charge in [-0.05, 0) is 37.5 Å². The van der Waals surface area contributed by atoms with Crippen molar-refractivity contribution in [3.05, 3.63) is 34.9 Å². The van der Waals surface area contributed by atoms with Gasteiger partial charge in [0.15, 0.2) is 0 Å². The van der Waals surface area contributed by atoms with E-state index in [1.807, 2.05) is 12.1 Å². The zero-order valence-corrected chi connectivity index (χ0v) is 15.8. The Labute approximate surface area is 159 Å². The third-order valence-electron chi connectivity index (χ3n) is 6.14. The number of nitrogens with one attached hydrogen (secondary N) is 2. The number of benzene rings is 1. The molecule has 0 bridgehead atoms. The van der Waals surface area contributed by atoms with Gasteiger partial charge in [0.1, 0.15) is 6.04 Å². The van der Waals surface area contributed by atoms with E-state index in [4.69, 9.17) is 0 Å². The van der Waals surface area contributed by atoms with Crippen LogP contribution in [-0.2, 0) is 22.7 Å². The fraction of sp³-hybridized carbons (Fsp3) is 0.550. The SMILES string of the molecule is CC1NCCN(Cc2ccc3c(c2)CN(C2CCC(=O)NC2=O)C3=O)C1C. The summed E-state index contributed by atoms with van der Waals surface area (Å²) in [5.41, 5.74) is 2.83. The molecule has 2 fully saturated rings. The topological polar surface area (TPSA) is 81.8 Å². The molecule has 0 radical (unpaired) electrons. The maximum Gasteiger partial charge on any atom is 0.255 e. The predicted octanol–water partition coefficient (Wildman–Crippen LogP) is 0.630. The number of piperazine rings is 1. The van der Waals surface area contributed by atoms with Crippen molar-refractivity contribution >= 4 is 17.7 Å². The molecule has 7 heteroatoms. The van der Waals surface area contributed by atoms with Crippen molar-refractivity contribution in [2.75, 3.05) is 13.1 Å². The highest BCUT2D eigenvalue weighted by Crippen LogP contribution is 2.28. The van der Waals surface area contributed by atoms with E-state index in [9.17, 15) is 14.4 Å². The second-order valence-corrected chi connectivity index (χ2v) is 7.85. The number of imide groups is 1. The van der Waals surface area contributed by atoms with Crippen LogP contribution in [-0.4, -0.2) is 58.7 Å². The molecule has 1 aromatic carbocycles. The monoisotopic (exact) mass is 370 g/mol. The summed E-state index contributed by atoms with van der Waals surface area (Å²) < 4.78 is 0. The largest absolute Gasteiger partial charge is 0.322 e. The molecule has 0 aliphatic carbocycles. The van der Waals surface area contributed by atoms with Gasteiger partial charge < -0.3 is 10.2 Å². The minimum atomic E-state index is -0.555. The highest BCUT2D eigenvalue weighted by molar-refractivity contribution is 6.05. The van der Waals surface area contributed by atoms with Crippen LogP contribution in [0.25, 0.3) is 0 Å². The fourth-order valence-electron chi connectivity index (χ4n) is 4.31. The van der Waals surface area contributed by atoms with E-state index in [0.29, 0.717) is 30.6 Å². The quantitative estimate of drug-likeness (QED) is 0.763. The van der Waals surface area contributed by atoms with Crippen molar-refractivity contribution in [3.63, 3.8) is 0 Å². The second-order valence-electron chi connectivity index (χ2n) is 7.85. The molecule has 7 nitrogen and oxygen atoms in total. The number of hydrogen-bond donors (Lipinski definition) is 2. The Morgan fingerprint density at radius 3 is 2.78 bits per heavy atom. The van der Waals surface area contributed by atoms with E-state index in [2.05, 4.69) is 35.4 Å². The van der Waals surface area contributed by atoms with Crippen LogP contribution in [0.5, 0.6) is 0 Å². The lowest BCUT2D eigenvalue weighted by atomic mass is 10.0. The molecule has 2 N–H and O–H groups in total. The number of hydrogen-bond acceptors (Lipinski definition) is 5. The summed E-state index contributed by atoms with van der Waals surface area (Å²) in [6.45, 7) is 7.71. The standard InChI is InChI=1S/C20H26N4O3/c1-12-13(2)23(8-7-21-12)10-14-3-4-16-15(9-14)11-24(20(16)27)17-5-6-18(25)22-19(17)26/h3-4,9,12-13,17,21H,5-8,10-11H2,1-2H3,(H,22,25,26). The number of piperidine rings is 1. The van der Waals surface area contributed by atoms with Gasteiger partial charge in [0.05, 0.1) is 0 Å². The number of carbonyl (C=O) groups is 3. The molecule has 0 aromatic heterocycles. The molecule has 0 saturated carbocycles. The van der Waals surface area contributed by atoms with Gasteiger partial charge in [-0.25, -0.2) is 0 Å². The first kappa shape index (κ1) is 18.1. The van der Waals surface area contributed by atoms with Crippen LogP contribution in [0.15, 0.2) is 18.2 Å². The third-order valence-corrected chi connectivity index (χ3v) is 6.14. The van der Waals surface area contributed by atoms with Crippen LogP contribution in [0, 0.1) is 0 Å². The van der Waals surface area contributed by atoms with E-state index in [1.165, 1.54) is 5.56 Å². The Kier molecular flexibility index (Phi) is 4.74. The first-order valence-corrected chi connectivity index (χ1v) is 9.68. The maximum absolute atomic E-state index is 12.8. The summed E-state index contributed by atoms with van der Waals surface area (Å²) >= 11 is 0. The average molecular weight is 370 g/mol. The summed E-state index contributed by atoms with van der Waals surface area (Å²) in [5.74, 6) is -0.742. The maximum atomic E-state index is 12.8. The Morgan fingerprint density at radius 2 is 2.00 bits per heavy atom. The zero-order chi connectivity index (χ0) is 19.1. The molecule has 3 amide bonds. The molecule has 2 saturated heterocycles. The molecule has 3 aliphatic rings. The van der Waals surface area contributed by atoms with Gasteiger partial charge in [0.2, 0.25) is 11.8 Å². The number of nitrogens with zero attached hydrogens (tertiary/aromatic N) is 2. The molecule has 1 aromatic rings. The van der Waals surface area contributed by atoms with Crippen molar-refractivity contribution in [2.45, 2.75) is 57.9 Å². The van der Waals surface area contributed by atoms with Crippen LogP contribution in [0.2, 0.25) is 0 Å². The molecule has 4 rings (SSSR count). The lowest BCUT2D eigenvalue weighted by molar-refractivity contribution is -0.136. The lowest BCUT2D eigenvalue weighted by Crippen LogP contribution is -2.54. The van der Waals surface area contributed by atoms with E-state index in [1.54, 1.807) is 4.90 Å². The van der Waals surface area contributed by atoms with Crippen molar-refractivity contribution in [3.8, 4) is 0 Å². The Balaban J connectivity index is 1.49.